The van der Waals surface area contributed by atoms with Gasteiger partial charge in [-0.1, -0.05) is 0 Å². The number of nitrogens with one attached hydrogen (secondary N) is 1. The molecule has 0 spiro atoms. The van der Waals surface area contributed by atoms with E-state index in [1.165, 1.54) is 30.6 Å². The predicted molar refractivity (Wildman–Crippen MR) is 75.5 cm³/mol. The molecule has 106 valence electrons. The van der Waals surface area contributed by atoms with Gasteiger partial charge in [-0.2, -0.15) is 0 Å². The van der Waals surface area contributed by atoms with Gasteiger partial charge < -0.3 is 10.1 Å². The average Bonchev–Trinajstić information content (AvgIpc) is 2.75. The van der Waals surface area contributed by atoms with Crippen LogP contribution in [0.15, 0.2) is 18.2 Å². The number of aryl methyl sites for hydroxylation is 1. The van der Waals surface area contributed by atoms with Crippen LogP contribution in [0.4, 0.5) is 4.39 Å². The monoisotopic (exact) mass is 295 g/mol. The van der Waals surface area contributed by atoms with Crippen LogP contribution < -0.4 is 5.32 Å². The van der Waals surface area contributed by atoms with Crippen molar-refractivity contribution in [3.63, 3.8) is 0 Å². The number of hydrogen-bond donors (Lipinski definition) is 1. The minimum Gasteiger partial charge on any atom is -0.467 e. The molecule has 1 heterocycles. The van der Waals surface area contributed by atoms with Crippen molar-refractivity contribution in [1.82, 2.24) is 5.32 Å². The second kappa shape index (κ2) is 5.58. The van der Waals surface area contributed by atoms with Crippen LogP contribution in [0, 0.1) is 12.7 Å². The summed E-state index contributed by atoms with van der Waals surface area (Å²) >= 11 is 1.27. The number of hydrogen-bond acceptors (Lipinski definition) is 4. The third-order valence-electron chi connectivity index (χ3n) is 3.01. The molecular formula is C14H14FNO3S. The molecule has 6 heteroatoms. The number of rotatable bonds is 3. The van der Waals surface area contributed by atoms with E-state index >= 15 is 0 Å². The molecule has 1 aromatic carbocycles. The number of fused-ring (bicyclic) bond motifs is 1. The van der Waals surface area contributed by atoms with E-state index in [2.05, 4.69) is 10.1 Å². The van der Waals surface area contributed by atoms with E-state index in [1.54, 1.807) is 19.9 Å². The molecule has 0 saturated heterocycles. The SMILES string of the molecule is COC(=O)[C@H](C)NC(=O)c1sc2ccc(F)cc2c1C. The third kappa shape index (κ3) is 2.65. The summed E-state index contributed by atoms with van der Waals surface area (Å²) in [5, 5.41) is 3.28. The van der Waals surface area contributed by atoms with Crippen molar-refractivity contribution >= 4 is 33.3 Å². The highest BCUT2D eigenvalue weighted by Gasteiger charge is 2.20. The molecule has 0 aliphatic rings. The first-order valence-electron chi connectivity index (χ1n) is 6.01. The predicted octanol–water partition coefficient (Wildman–Crippen LogP) is 2.64. The van der Waals surface area contributed by atoms with Gasteiger partial charge in [0.25, 0.3) is 5.91 Å². The quantitative estimate of drug-likeness (QED) is 0.886. The first kappa shape index (κ1) is 14.5. The molecule has 0 unspecified atom stereocenters. The normalized spacial score (nSPS) is 12.2. The largest absolute Gasteiger partial charge is 0.467 e. The van der Waals surface area contributed by atoms with Gasteiger partial charge in [-0.05, 0) is 43.0 Å². The summed E-state index contributed by atoms with van der Waals surface area (Å²) in [6, 6.07) is 3.68. The molecule has 0 aliphatic heterocycles. The van der Waals surface area contributed by atoms with Crippen LogP contribution >= 0.6 is 11.3 Å². The lowest BCUT2D eigenvalue weighted by molar-refractivity contribution is -0.142. The number of halogens is 1. The fraction of sp³-hybridized carbons (Fsp3) is 0.286. The maximum Gasteiger partial charge on any atom is 0.328 e. The second-order valence-corrected chi connectivity index (χ2v) is 5.47. The van der Waals surface area contributed by atoms with Crippen LogP contribution in [0.5, 0.6) is 0 Å². The Morgan fingerprint density at radius 3 is 2.75 bits per heavy atom. The van der Waals surface area contributed by atoms with Crippen molar-refractivity contribution < 1.29 is 18.7 Å². The van der Waals surface area contributed by atoms with Gasteiger partial charge in [0.1, 0.15) is 11.9 Å². The highest BCUT2D eigenvalue weighted by Crippen LogP contribution is 2.31. The Morgan fingerprint density at radius 2 is 2.10 bits per heavy atom. The fourth-order valence-electron chi connectivity index (χ4n) is 1.91. The lowest BCUT2D eigenvalue weighted by Gasteiger charge is -2.10. The van der Waals surface area contributed by atoms with Gasteiger partial charge in [-0.3, -0.25) is 4.79 Å². The minimum atomic E-state index is -0.728. The zero-order valence-electron chi connectivity index (χ0n) is 11.3. The Hall–Kier alpha value is -1.95. The van der Waals surface area contributed by atoms with E-state index in [-0.39, 0.29) is 11.7 Å². The van der Waals surface area contributed by atoms with Gasteiger partial charge in [0.2, 0.25) is 0 Å². The van der Waals surface area contributed by atoms with Crippen molar-refractivity contribution in [2.45, 2.75) is 19.9 Å². The summed E-state index contributed by atoms with van der Waals surface area (Å²) in [5.74, 6) is -1.21. The van der Waals surface area contributed by atoms with E-state index in [4.69, 9.17) is 0 Å². The van der Waals surface area contributed by atoms with E-state index < -0.39 is 12.0 Å². The number of benzene rings is 1. The molecule has 0 saturated carbocycles. The molecule has 1 N–H and O–H groups in total. The standard InChI is InChI=1S/C14H14FNO3S/c1-7-10-6-9(15)4-5-11(10)20-12(7)13(17)16-8(2)14(18)19-3/h4-6,8H,1-3H3,(H,16,17)/t8-/m0/s1. The maximum atomic E-state index is 13.2. The van der Waals surface area contributed by atoms with Crippen LogP contribution in [0.2, 0.25) is 0 Å². The third-order valence-corrected chi connectivity index (χ3v) is 4.28. The molecule has 0 bridgehead atoms. The Bertz CT molecular complexity index is 680. The van der Waals surface area contributed by atoms with Gasteiger partial charge in [0.15, 0.2) is 0 Å². The summed E-state index contributed by atoms with van der Waals surface area (Å²) in [4.78, 5) is 23.9. The van der Waals surface area contributed by atoms with Crippen LogP contribution in [-0.2, 0) is 9.53 Å². The molecule has 4 nitrogen and oxygen atoms in total. The summed E-state index contributed by atoms with van der Waals surface area (Å²) in [7, 11) is 1.26. The van der Waals surface area contributed by atoms with Gasteiger partial charge in [-0.25, -0.2) is 9.18 Å². The Kier molecular flexibility index (Phi) is 4.04. The maximum absolute atomic E-state index is 13.2. The van der Waals surface area contributed by atoms with Crippen molar-refractivity contribution in [2.24, 2.45) is 0 Å². The molecule has 1 amide bonds. The summed E-state index contributed by atoms with van der Waals surface area (Å²) < 4.78 is 18.6. The van der Waals surface area contributed by atoms with Crippen LogP contribution in [0.1, 0.15) is 22.2 Å². The Labute approximate surface area is 119 Å². The van der Waals surface area contributed by atoms with E-state index in [1.807, 2.05) is 0 Å². The smallest absolute Gasteiger partial charge is 0.328 e. The molecular weight excluding hydrogens is 281 g/mol. The number of thiophene rings is 1. The van der Waals surface area contributed by atoms with E-state index in [0.29, 0.717) is 15.8 Å². The van der Waals surface area contributed by atoms with Crippen molar-refractivity contribution in [3.8, 4) is 0 Å². The lowest BCUT2D eigenvalue weighted by Crippen LogP contribution is -2.39. The number of carbonyl (C=O) groups is 2. The molecule has 20 heavy (non-hydrogen) atoms. The first-order chi connectivity index (χ1) is 9.43. The van der Waals surface area contributed by atoms with Gasteiger partial charge in [-0.15, -0.1) is 11.3 Å². The average molecular weight is 295 g/mol. The molecule has 0 aliphatic carbocycles. The van der Waals surface area contributed by atoms with E-state index in [0.717, 1.165) is 4.70 Å². The van der Waals surface area contributed by atoms with Crippen molar-refractivity contribution in [2.75, 3.05) is 7.11 Å². The van der Waals surface area contributed by atoms with Gasteiger partial charge in [0.05, 0.1) is 12.0 Å². The number of ether oxygens (including phenoxy) is 1. The lowest BCUT2D eigenvalue weighted by atomic mass is 10.1. The van der Waals surface area contributed by atoms with Crippen LogP contribution in [0.25, 0.3) is 10.1 Å². The number of esters is 1. The number of carbonyl (C=O) groups excluding carboxylic acids is 2. The van der Waals surface area contributed by atoms with Crippen LogP contribution in [0.3, 0.4) is 0 Å². The second-order valence-electron chi connectivity index (χ2n) is 4.41. The zero-order valence-corrected chi connectivity index (χ0v) is 12.1. The molecule has 0 radical (unpaired) electrons. The molecule has 1 atom stereocenters. The zero-order chi connectivity index (χ0) is 14.9. The molecule has 0 fully saturated rings. The molecule has 1 aromatic heterocycles. The highest BCUT2D eigenvalue weighted by atomic mass is 32.1. The highest BCUT2D eigenvalue weighted by molar-refractivity contribution is 7.21. The fourth-order valence-corrected chi connectivity index (χ4v) is 3.00. The topological polar surface area (TPSA) is 55.4 Å². The van der Waals surface area contributed by atoms with Crippen LogP contribution in [-0.4, -0.2) is 25.0 Å². The first-order valence-corrected chi connectivity index (χ1v) is 6.83. The minimum absolute atomic E-state index is 0.340. The molecule has 2 rings (SSSR count). The van der Waals surface area contributed by atoms with Crippen molar-refractivity contribution in [1.29, 1.82) is 0 Å². The van der Waals surface area contributed by atoms with Gasteiger partial charge >= 0.3 is 5.97 Å². The number of methoxy groups -OCH3 is 1. The van der Waals surface area contributed by atoms with Gasteiger partial charge in [0, 0.05) is 4.70 Å². The summed E-state index contributed by atoms with van der Waals surface area (Å²) in [5.41, 5.74) is 0.707. The summed E-state index contributed by atoms with van der Waals surface area (Å²) in [6.07, 6.45) is 0. The molecule has 2 aromatic rings. The Morgan fingerprint density at radius 1 is 1.40 bits per heavy atom. The summed E-state index contributed by atoms with van der Waals surface area (Å²) in [6.45, 7) is 3.31. The Balaban J connectivity index is 2.31. The van der Waals surface area contributed by atoms with E-state index in [9.17, 15) is 14.0 Å². The number of amides is 1. The van der Waals surface area contributed by atoms with Crippen molar-refractivity contribution in [3.05, 3.63) is 34.5 Å².